The second kappa shape index (κ2) is 19.2. The minimum absolute atomic E-state index is 0.109. The molecular formula is C54H66N8O9S. The summed E-state index contributed by atoms with van der Waals surface area (Å²) in [6, 6.07) is 22.2. The van der Waals surface area contributed by atoms with E-state index in [1.807, 2.05) is 31.2 Å². The number of piperazine rings is 1. The van der Waals surface area contributed by atoms with Crippen molar-refractivity contribution >= 4 is 55.4 Å². The van der Waals surface area contributed by atoms with Crippen LogP contribution in [0.15, 0.2) is 83.9 Å². The van der Waals surface area contributed by atoms with Crippen molar-refractivity contribution in [1.29, 1.82) is 0 Å². The van der Waals surface area contributed by atoms with Crippen LogP contribution < -0.4 is 24.6 Å². The highest BCUT2D eigenvalue weighted by atomic mass is 32.2. The fraction of sp³-hybridized carbons (Fsp3) is 0.519. The Morgan fingerprint density at radius 3 is 2.50 bits per heavy atom. The molecule has 72 heavy (non-hydrogen) atoms. The quantitative estimate of drug-likeness (QED) is 0.0687. The van der Waals surface area contributed by atoms with Crippen molar-refractivity contribution in [3.63, 3.8) is 0 Å². The third-order valence-electron chi connectivity index (χ3n) is 16.8. The van der Waals surface area contributed by atoms with Gasteiger partial charge in [0.15, 0.2) is 0 Å². The fourth-order valence-electron chi connectivity index (χ4n) is 12.6. The zero-order valence-electron chi connectivity index (χ0n) is 41.3. The molecule has 1 amide bonds. The Morgan fingerprint density at radius 1 is 0.944 bits per heavy atom. The normalized spacial score (nSPS) is 27.7. The predicted octanol–water partition coefficient (Wildman–Crippen LogP) is 8.23. The van der Waals surface area contributed by atoms with Gasteiger partial charge in [-0.2, -0.15) is 4.98 Å². The summed E-state index contributed by atoms with van der Waals surface area (Å²) in [5.41, 5.74) is 4.91. The number of H-pyrrole nitrogens is 1. The number of sulfonamides is 1. The number of pyridine rings is 1. The van der Waals surface area contributed by atoms with Gasteiger partial charge >= 0.3 is 0 Å². The first-order valence-electron chi connectivity index (χ1n) is 25.8. The molecule has 1 spiro atoms. The van der Waals surface area contributed by atoms with E-state index >= 15 is 0 Å². The molecule has 2 aliphatic carbocycles. The number of nitrogens with one attached hydrogen (secondary N) is 3. The first-order chi connectivity index (χ1) is 34.6. The molecule has 2 saturated carbocycles. The predicted molar refractivity (Wildman–Crippen MR) is 275 cm³/mol. The summed E-state index contributed by atoms with van der Waals surface area (Å²) in [7, 11) is -4.62. The van der Waals surface area contributed by atoms with Gasteiger partial charge in [-0.15, -0.1) is 0 Å². The molecule has 17 nitrogen and oxygen atoms in total. The van der Waals surface area contributed by atoms with Crippen molar-refractivity contribution < 1.29 is 37.5 Å². The number of nitro benzene ring substituents is 1. The molecule has 5 fully saturated rings. The number of ether oxygens (including phenoxy) is 3. The number of nitrogens with zero attached hydrogens (tertiary/aromatic N) is 5. The number of carbonyl (C=O) groups is 1. The molecule has 4 N–H and O–H groups in total. The Kier molecular flexibility index (Phi) is 13.0. The summed E-state index contributed by atoms with van der Waals surface area (Å²) in [6.45, 7) is 12.4. The molecule has 0 bridgehead atoms. The number of benzene rings is 3. The van der Waals surface area contributed by atoms with Gasteiger partial charge in [0.2, 0.25) is 5.88 Å². The number of rotatable bonds is 12. The molecule has 0 radical (unpaired) electrons. The Balaban J connectivity index is 0.862. The van der Waals surface area contributed by atoms with Crippen LogP contribution in [0.25, 0.3) is 11.0 Å². The zero-order chi connectivity index (χ0) is 49.9. The van der Waals surface area contributed by atoms with Crippen molar-refractivity contribution in [2.75, 3.05) is 74.3 Å². The van der Waals surface area contributed by atoms with Crippen molar-refractivity contribution in [2.24, 2.45) is 11.3 Å². The highest BCUT2D eigenvalue weighted by Crippen LogP contribution is 2.58. The van der Waals surface area contributed by atoms with Gasteiger partial charge in [0.1, 0.15) is 23.1 Å². The maximum atomic E-state index is 14.7. The van der Waals surface area contributed by atoms with Gasteiger partial charge < -0.3 is 39.4 Å². The molecule has 4 aliphatic heterocycles. The minimum Gasteiger partial charge on any atom is -0.468 e. The molecule has 6 heterocycles. The van der Waals surface area contributed by atoms with Crippen LogP contribution in [0.3, 0.4) is 0 Å². The van der Waals surface area contributed by atoms with E-state index in [2.05, 4.69) is 67.8 Å². The van der Waals surface area contributed by atoms with Crippen molar-refractivity contribution in [3.8, 4) is 5.88 Å². The van der Waals surface area contributed by atoms with Crippen LogP contribution in [0.1, 0.15) is 105 Å². The molecule has 3 aromatic carbocycles. The van der Waals surface area contributed by atoms with Crippen LogP contribution in [0, 0.1) is 21.4 Å². The molecule has 3 saturated heterocycles. The number of nitro groups is 1. The van der Waals surface area contributed by atoms with E-state index in [-0.39, 0.29) is 28.6 Å². The average Bonchev–Trinajstić information content (AvgIpc) is 3.83. The Bertz CT molecular complexity index is 2960. The number of hydrogen-bond acceptors (Lipinski definition) is 14. The van der Waals surface area contributed by atoms with Crippen LogP contribution in [0.2, 0.25) is 0 Å². The van der Waals surface area contributed by atoms with Gasteiger partial charge in [-0.3, -0.25) is 19.8 Å². The van der Waals surface area contributed by atoms with Gasteiger partial charge in [-0.25, -0.2) is 13.1 Å². The SMILES string of the molecule is CC(C)c1ccccc1[C@@H]1COCCC12CC(N1CCN(c3ccc(C(=O)NS(=O)(=O)c4ccc(NC[C@H]5CC[C@](C)(O)CC5)c([N+](=O)[O-])c4)c(N4c5cc6cc[nH]c6nc5O[C@H]5COCC[C@@H]54)c3)CC1)C2. The number of fused-ring (bicyclic) bond motifs is 3. The molecule has 6 aliphatic rings. The van der Waals surface area contributed by atoms with Gasteiger partial charge in [0.05, 0.1) is 45.9 Å². The number of hydrogen-bond donors (Lipinski definition) is 4. The lowest BCUT2D eigenvalue weighted by Gasteiger charge is -2.58. The van der Waals surface area contributed by atoms with Crippen molar-refractivity contribution in [1.82, 2.24) is 19.6 Å². The van der Waals surface area contributed by atoms with E-state index in [9.17, 15) is 28.4 Å². The minimum atomic E-state index is -4.62. The van der Waals surface area contributed by atoms with E-state index in [0.717, 1.165) is 88.6 Å². The van der Waals surface area contributed by atoms with E-state index in [1.54, 1.807) is 12.3 Å². The first kappa shape index (κ1) is 48.5. The topological polar surface area (TPSA) is 205 Å². The number of aliphatic hydroxyl groups is 1. The number of aromatic amines is 1. The first-order valence-corrected chi connectivity index (χ1v) is 27.3. The summed E-state index contributed by atoms with van der Waals surface area (Å²) in [6.07, 6.45) is 8.11. The molecule has 3 atom stereocenters. The van der Waals surface area contributed by atoms with E-state index in [4.69, 9.17) is 19.2 Å². The third-order valence-corrected chi connectivity index (χ3v) is 18.1. The molecule has 18 heteroatoms. The van der Waals surface area contributed by atoms with E-state index in [1.165, 1.54) is 23.3 Å². The van der Waals surface area contributed by atoms with E-state index in [0.29, 0.717) is 79.8 Å². The van der Waals surface area contributed by atoms with E-state index < -0.39 is 43.1 Å². The highest BCUT2D eigenvalue weighted by molar-refractivity contribution is 7.90. The van der Waals surface area contributed by atoms with Crippen molar-refractivity contribution in [3.05, 3.63) is 106 Å². The lowest BCUT2D eigenvalue weighted by Crippen LogP contribution is -2.60. The number of aromatic nitrogens is 2. The van der Waals surface area contributed by atoms with Gasteiger partial charge in [0, 0.05) is 81.2 Å². The lowest BCUT2D eigenvalue weighted by atomic mass is 9.54. The summed E-state index contributed by atoms with van der Waals surface area (Å²) in [5, 5.41) is 26.7. The Labute approximate surface area is 420 Å². The monoisotopic (exact) mass is 1000 g/mol. The molecule has 382 valence electrons. The van der Waals surface area contributed by atoms with Gasteiger partial charge in [-0.1, -0.05) is 38.1 Å². The van der Waals surface area contributed by atoms with Crippen LogP contribution in [-0.4, -0.2) is 122 Å². The Hall–Kier alpha value is -5.79. The van der Waals surface area contributed by atoms with Gasteiger partial charge in [0.25, 0.3) is 21.6 Å². The highest BCUT2D eigenvalue weighted by Gasteiger charge is 2.53. The summed E-state index contributed by atoms with van der Waals surface area (Å²) in [4.78, 5) is 41.1. The third kappa shape index (κ3) is 9.29. The smallest absolute Gasteiger partial charge is 0.293 e. The second-order valence-corrected chi connectivity index (χ2v) is 23.4. The fourth-order valence-corrected chi connectivity index (χ4v) is 13.6. The lowest BCUT2D eigenvalue weighted by molar-refractivity contribution is -0.384. The number of carbonyl (C=O) groups excluding carboxylic acids is 1. The van der Waals surface area contributed by atoms with Gasteiger partial charge in [-0.05, 0) is 129 Å². The maximum absolute atomic E-state index is 14.7. The maximum Gasteiger partial charge on any atom is 0.293 e. The average molecular weight is 1000 g/mol. The number of anilines is 4. The van der Waals surface area contributed by atoms with Crippen LogP contribution in [0.4, 0.5) is 28.4 Å². The Morgan fingerprint density at radius 2 is 1.72 bits per heavy atom. The second-order valence-electron chi connectivity index (χ2n) is 21.7. The molecule has 5 aromatic rings. The molecule has 0 unspecified atom stereocenters. The summed E-state index contributed by atoms with van der Waals surface area (Å²) in [5.74, 6) is 0.508. The molecular weight excluding hydrogens is 937 g/mol. The summed E-state index contributed by atoms with van der Waals surface area (Å²) >= 11 is 0. The van der Waals surface area contributed by atoms with Crippen LogP contribution in [0.5, 0.6) is 5.88 Å². The molecule has 2 aromatic heterocycles. The molecule has 11 rings (SSSR count). The summed E-state index contributed by atoms with van der Waals surface area (Å²) < 4.78 is 49.2. The van der Waals surface area contributed by atoms with Crippen LogP contribution in [-0.2, 0) is 19.5 Å². The number of amides is 1. The standard InChI is InChI=1S/C54H66N8O9S/c1-34(2)40-6-4-5-7-41(40)43-32-70-25-18-54(43)29-38(30-54)60-22-20-59(21-23-60)37-8-10-42(46(27-37)61-45-15-24-69-33-49(45)71-52-48(61)26-36-14-19-55-50(36)57-52)51(63)58-72(67,68)39-9-11-44(47(28-39)62(65)66)56-31-35-12-16-53(3,64)17-13-35/h4-11,14,19,26-28,34-35,38,43,45,49,56,64H,12-13,15-18,20-25,29-33H2,1-3H3,(H,55,57)(H,58,63)/t35-,38?,43-,45-,49-,53-,54?/m0/s1. The zero-order valence-corrected chi connectivity index (χ0v) is 42.2. The van der Waals surface area contributed by atoms with Crippen molar-refractivity contribution in [2.45, 2.75) is 113 Å². The van der Waals surface area contributed by atoms with Crippen LogP contribution >= 0.6 is 0 Å². The largest absolute Gasteiger partial charge is 0.468 e.